The fourth-order valence-electron chi connectivity index (χ4n) is 7.69. The summed E-state index contributed by atoms with van der Waals surface area (Å²) in [5.41, 5.74) is 24.8. The van der Waals surface area contributed by atoms with Gasteiger partial charge in [0.1, 0.15) is 35.0 Å². The first-order valence-corrected chi connectivity index (χ1v) is 21.7. The molecule has 4 rings (SSSR count). The Morgan fingerprint density at radius 2 is 1.52 bits per heavy atom. The third kappa shape index (κ3) is 14.8. The lowest BCUT2D eigenvalue weighted by Gasteiger charge is -2.30. The van der Waals surface area contributed by atoms with Gasteiger partial charge in [-0.3, -0.25) is 14.6 Å². The van der Waals surface area contributed by atoms with Gasteiger partial charge in [0.2, 0.25) is 5.91 Å². The number of primary amides is 1. The molecule has 330 valence electrons. The number of halogens is 1. The lowest BCUT2D eigenvalue weighted by molar-refractivity contribution is -0.119. The average Bonchev–Trinajstić information content (AvgIpc) is 3.24. The number of carbonyl (C=O) groups is 2. The van der Waals surface area contributed by atoms with Crippen LogP contribution in [0.15, 0.2) is 47.6 Å². The van der Waals surface area contributed by atoms with Crippen LogP contribution in [0.2, 0.25) is 5.15 Å². The molecule has 2 aromatic carbocycles. The van der Waals surface area contributed by atoms with Crippen molar-refractivity contribution in [2.75, 3.05) is 38.1 Å². The van der Waals surface area contributed by atoms with E-state index < -0.39 is 43.0 Å². The Morgan fingerprint density at radius 1 is 0.850 bits per heavy atom. The summed E-state index contributed by atoms with van der Waals surface area (Å²) >= 11 is 5.85. The third-order valence-electron chi connectivity index (χ3n) is 11.1. The smallest absolute Gasteiger partial charge is 0.269 e. The van der Waals surface area contributed by atoms with E-state index in [1.54, 1.807) is 0 Å². The van der Waals surface area contributed by atoms with Crippen LogP contribution in [0, 0.1) is 0 Å². The highest BCUT2D eigenvalue weighted by molar-refractivity contribution is 6.29. The fourth-order valence-corrected chi connectivity index (χ4v) is 7.82. The molecule has 0 bridgehead atoms. The van der Waals surface area contributed by atoms with E-state index in [0.717, 1.165) is 101 Å². The molecule has 1 aliphatic carbocycles. The SMILES string of the molecule is CCCCCCN(CCCc1ccc(NC(=O)[C@@H](N)Cc2ccc(CCCCN=C(N)c3ncc(Cl)nc3C(N)=O)c3c2CCCC3)cc1)C[C@H](O)[C@@H](O)[C@H](O)[C@H](O)CO. The van der Waals surface area contributed by atoms with Crippen molar-refractivity contribution in [2.45, 2.75) is 127 Å². The van der Waals surface area contributed by atoms with Crippen molar-refractivity contribution < 1.29 is 35.1 Å². The molecule has 3 aromatic rings. The van der Waals surface area contributed by atoms with E-state index in [9.17, 15) is 30.0 Å². The predicted octanol–water partition coefficient (Wildman–Crippen LogP) is 2.60. The van der Waals surface area contributed by atoms with Gasteiger partial charge in [-0.1, -0.05) is 62.1 Å². The van der Waals surface area contributed by atoms with Gasteiger partial charge in [0.05, 0.1) is 24.9 Å². The number of amidine groups is 1. The minimum atomic E-state index is -1.65. The summed E-state index contributed by atoms with van der Waals surface area (Å²) < 4.78 is 0. The summed E-state index contributed by atoms with van der Waals surface area (Å²) in [6.07, 6.45) is 8.07. The van der Waals surface area contributed by atoms with Crippen LogP contribution >= 0.6 is 11.6 Å². The van der Waals surface area contributed by atoms with E-state index in [1.807, 2.05) is 24.3 Å². The molecule has 1 heterocycles. The first kappa shape index (κ1) is 48.6. The normalized spacial score (nSPS) is 15.6. The molecule has 0 unspecified atom stereocenters. The zero-order valence-corrected chi connectivity index (χ0v) is 35.6. The van der Waals surface area contributed by atoms with Crippen LogP contribution in [0.25, 0.3) is 0 Å². The largest absolute Gasteiger partial charge is 0.394 e. The molecule has 2 amide bonds. The number of aliphatic hydroxyl groups is 5. The molecule has 0 saturated heterocycles. The molecular weight excluding hydrogens is 788 g/mol. The van der Waals surface area contributed by atoms with Gasteiger partial charge < -0.3 is 53.0 Å². The Bertz CT molecular complexity index is 1850. The molecule has 5 atom stereocenters. The van der Waals surface area contributed by atoms with Gasteiger partial charge >= 0.3 is 0 Å². The lowest BCUT2D eigenvalue weighted by Crippen LogP contribution is -2.50. The number of anilines is 1. The monoisotopic (exact) mass is 852 g/mol. The molecular formula is C44H65ClN8O7. The van der Waals surface area contributed by atoms with Crippen molar-refractivity contribution in [3.63, 3.8) is 0 Å². The summed E-state index contributed by atoms with van der Waals surface area (Å²) in [6, 6.07) is 11.2. The van der Waals surface area contributed by atoms with E-state index in [4.69, 9.17) is 33.9 Å². The maximum atomic E-state index is 13.3. The number of nitrogens with one attached hydrogen (secondary N) is 1. The number of fused-ring (bicyclic) bond motifs is 1. The standard InChI is InChI=1S/C44H65ClN8O7/c1-2-3-4-9-22-53(26-35(55)40(57)41(58)36(56)27-54)23-10-11-28-15-19-31(20-16-28)51-44(60)34(46)24-30-18-17-29(32-13-5-6-14-33(30)32)12-7-8-21-49-42(47)38-39(43(48)59)52-37(45)25-50-38/h15-20,25,34-36,40-41,54-58H,2-14,21-24,26-27,46H2,1H3,(H2,47,49)(H2,48,59)(H,51,60)/t34-,35-,36+,40+,41+/m0/s1. The molecule has 1 aliphatic rings. The van der Waals surface area contributed by atoms with Crippen LogP contribution in [-0.4, -0.2) is 121 Å². The molecule has 0 aliphatic heterocycles. The summed E-state index contributed by atoms with van der Waals surface area (Å²) in [7, 11) is 0. The predicted molar refractivity (Wildman–Crippen MR) is 234 cm³/mol. The lowest BCUT2D eigenvalue weighted by atomic mass is 9.82. The number of nitrogens with two attached hydrogens (primary N) is 3. The zero-order chi connectivity index (χ0) is 43.6. The number of carbonyl (C=O) groups excluding carboxylic acids is 2. The van der Waals surface area contributed by atoms with Gasteiger partial charge in [-0.05, 0) is 124 Å². The molecule has 16 heteroatoms. The molecule has 60 heavy (non-hydrogen) atoms. The fraction of sp³-hybridized carbons (Fsp3) is 0.568. The van der Waals surface area contributed by atoms with Gasteiger partial charge in [-0.2, -0.15) is 0 Å². The Hall–Kier alpha value is -4.06. The van der Waals surface area contributed by atoms with Gasteiger partial charge in [-0.15, -0.1) is 0 Å². The first-order valence-electron chi connectivity index (χ1n) is 21.3. The topological polar surface area (TPSA) is 267 Å². The molecule has 0 fully saturated rings. The highest BCUT2D eigenvalue weighted by atomic mass is 35.5. The first-order chi connectivity index (χ1) is 28.8. The minimum Gasteiger partial charge on any atom is -0.394 e. The summed E-state index contributed by atoms with van der Waals surface area (Å²) in [5, 5.41) is 52.9. The second-order valence-corrected chi connectivity index (χ2v) is 16.2. The Labute approximate surface area is 358 Å². The molecule has 15 nitrogen and oxygen atoms in total. The molecule has 1 aromatic heterocycles. The molecule has 0 radical (unpaired) electrons. The van der Waals surface area contributed by atoms with Gasteiger partial charge in [0, 0.05) is 18.8 Å². The number of unbranched alkanes of at least 4 members (excludes halogenated alkanes) is 4. The Kier molecular flexibility index (Phi) is 20.3. The number of aliphatic imine (C=N–C) groups is 1. The van der Waals surface area contributed by atoms with Crippen molar-refractivity contribution in [1.82, 2.24) is 14.9 Å². The molecule has 0 spiro atoms. The molecule has 12 N–H and O–H groups in total. The van der Waals surface area contributed by atoms with E-state index >= 15 is 0 Å². The second-order valence-electron chi connectivity index (χ2n) is 15.8. The van der Waals surface area contributed by atoms with E-state index in [-0.39, 0.29) is 34.8 Å². The van der Waals surface area contributed by atoms with Crippen molar-refractivity contribution in [1.29, 1.82) is 0 Å². The van der Waals surface area contributed by atoms with Crippen LogP contribution in [0.5, 0.6) is 0 Å². The zero-order valence-electron chi connectivity index (χ0n) is 34.8. The van der Waals surface area contributed by atoms with Crippen molar-refractivity contribution >= 4 is 34.9 Å². The van der Waals surface area contributed by atoms with Crippen molar-refractivity contribution in [2.24, 2.45) is 22.2 Å². The quantitative estimate of drug-likeness (QED) is 0.0321. The number of rotatable bonds is 26. The van der Waals surface area contributed by atoms with Crippen molar-refractivity contribution in [3.8, 4) is 0 Å². The highest BCUT2D eigenvalue weighted by Crippen LogP contribution is 2.30. The maximum absolute atomic E-state index is 13.3. The maximum Gasteiger partial charge on any atom is 0.269 e. The number of aliphatic hydroxyl groups excluding tert-OH is 5. The van der Waals surface area contributed by atoms with Crippen LogP contribution in [-0.2, 0) is 36.9 Å². The van der Waals surface area contributed by atoms with E-state index in [1.165, 1.54) is 22.9 Å². The van der Waals surface area contributed by atoms with Crippen LogP contribution in [0.1, 0.15) is 109 Å². The average molecular weight is 854 g/mol. The number of nitrogens with zero attached hydrogens (tertiary/aromatic N) is 4. The van der Waals surface area contributed by atoms with Crippen LogP contribution < -0.4 is 22.5 Å². The van der Waals surface area contributed by atoms with E-state index in [2.05, 4.69) is 44.2 Å². The summed E-state index contributed by atoms with van der Waals surface area (Å²) in [5.74, 6) is -0.942. The summed E-state index contributed by atoms with van der Waals surface area (Å²) in [6.45, 7) is 3.37. The number of amides is 2. The third-order valence-corrected chi connectivity index (χ3v) is 11.3. The second kappa shape index (κ2) is 25.0. The van der Waals surface area contributed by atoms with E-state index in [0.29, 0.717) is 25.2 Å². The van der Waals surface area contributed by atoms with Gasteiger partial charge in [0.15, 0.2) is 5.69 Å². The number of hydrogen-bond acceptors (Lipinski definition) is 12. The van der Waals surface area contributed by atoms with Crippen molar-refractivity contribution in [3.05, 3.63) is 87.0 Å². The minimum absolute atomic E-state index is 0.0431. The Morgan fingerprint density at radius 3 is 2.20 bits per heavy atom. The number of hydrogen-bond donors (Lipinski definition) is 9. The number of aryl methyl sites for hydroxylation is 2. The van der Waals surface area contributed by atoms with Crippen LogP contribution in [0.4, 0.5) is 5.69 Å². The summed E-state index contributed by atoms with van der Waals surface area (Å²) in [4.78, 5) is 39.5. The number of benzene rings is 2. The van der Waals surface area contributed by atoms with Gasteiger partial charge in [0.25, 0.3) is 5.91 Å². The van der Waals surface area contributed by atoms with Crippen LogP contribution in [0.3, 0.4) is 0 Å². The van der Waals surface area contributed by atoms with Gasteiger partial charge in [-0.25, -0.2) is 9.97 Å². The molecule has 0 saturated carbocycles. The number of aromatic nitrogens is 2. The Balaban J connectivity index is 1.26. The highest BCUT2D eigenvalue weighted by Gasteiger charge is 2.31.